The summed E-state index contributed by atoms with van der Waals surface area (Å²) in [5.41, 5.74) is 0. The number of hydrogen-bond acceptors (Lipinski definition) is 5. The summed E-state index contributed by atoms with van der Waals surface area (Å²) in [5.74, 6) is -0.0650. The van der Waals surface area contributed by atoms with E-state index in [0.717, 1.165) is 44.9 Å². The van der Waals surface area contributed by atoms with Crippen LogP contribution in [-0.4, -0.2) is 47.4 Å². The zero-order chi connectivity index (χ0) is 49.3. The molecule has 0 aromatic carbocycles. The second-order valence-electron chi connectivity index (χ2n) is 21.0. The molecule has 402 valence electrons. The van der Waals surface area contributed by atoms with Crippen LogP contribution < -0.4 is 5.32 Å². The lowest BCUT2D eigenvalue weighted by molar-refractivity contribution is -0.143. The lowest BCUT2D eigenvalue weighted by Crippen LogP contribution is -2.45. The Bertz CT molecular complexity index is 1060. The van der Waals surface area contributed by atoms with Crippen molar-refractivity contribution in [1.29, 1.82) is 0 Å². The molecule has 6 nitrogen and oxygen atoms in total. The third-order valence-corrected chi connectivity index (χ3v) is 14.2. The smallest absolute Gasteiger partial charge is 0.305 e. The van der Waals surface area contributed by atoms with Crippen LogP contribution in [0.2, 0.25) is 0 Å². The lowest BCUT2D eigenvalue weighted by Gasteiger charge is -2.20. The normalized spacial score (nSPS) is 12.7. The summed E-state index contributed by atoms with van der Waals surface area (Å²) in [6.45, 7) is 4.89. The minimum atomic E-state index is -0.845. The van der Waals surface area contributed by atoms with E-state index in [1.165, 1.54) is 263 Å². The Balaban J connectivity index is 3.42. The Kier molecular flexibility index (Phi) is 56.5. The topological polar surface area (TPSA) is 95.9 Å². The Morgan fingerprint density at radius 2 is 0.691 bits per heavy atom. The molecule has 0 rings (SSSR count). The predicted octanol–water partition coefficient (Wildman–Crippen LogP) is 19.0. The van der Waals surface area contributed by atoms with Crippen molar-refractivity contribution in [3.8, 4) is 0 Å². The maximum atomic E-state index is 12.5. The van der Waals surface area contributed by atoms with E-state index in [9.17, 15) is 19.8 Å². The molecule has 0 aliphatic rings. The SMILES string of the molecule is CCCCC/C=C\CCCCCCCC(=O)OCCCCCCCCCCCCCCCCCCCCCCCC(=O)NC(CO)C(O)/C=C/CCCCCCCCCCCCCCCCCC. The van der Waals surface area contributed by atoms with Crippen LogP contribution in [0.15, 0.2) is 24.3 Å². The van der Waals surface area contributed by atoms with E-state index in [2.05, 4.69) is 31.3 Å². The van der Waals surface area contributed by atoms with Crippen molar-refractivity contribution in [3.63, 3.8) is 0 Å². The molecule has 68 heavy (non-hydrogen) atoms. The standard InChI is InChI=1S/C62H119NO5/c1-3-5-7-9-11-13-15-17-18-19-25-28-31-34-38-42-46-50-54-60(65)59(58-64)63-61(66)55-51-47-43-39-35-32-29-26-23-21-20-22-24-27-30-33-37-41-45-49-53-57-68-62(67)56-52-48-44-40-36-16-14-12-10-8-6-4-2/h12,14,50,54,59-60,64-65H,3-11,13,15-49,51-53,55-58H2,1-2H3,(H,63,66)/b14-12-,54-50+. The molecule has 2 unspecified atom stereocenters. The molecule has 0 aliphatic carbocycles. The monoisotopic (exact) mass is 958 g/mol. The van der Waals surface area contributed by atoms with Crippen LogP contribution >= 0.6 is 0 Å². The fraction of sp³-hybridized carbons (Fsp3) is 0.903. The van der Waals surface area contributed by atoms with Crippen molar-refractivity contribution in [2.75, 3.05) is 13.2 Å². The Morgan fingerprint density at radius 1 is 0.397 bits per heavy atom. The molecule has 0 heterocycles. The van der Waals surface area contributed by atoms with Gasteiger partial charge in [-0.1, -0.05) is 289 Å². The second kappa shape index (κ2) is 57.9. The third-order valence-electron chi connectivity index (χ3n) is 14.2. The van der Waals surface area contributed by atoms with Crippen LogP contribution in [0.5, 0.6) is 0 Å². The lowest BCUT2D eigenvalue weighted by atomic mass is 10.0. The summed E-state index contributed by atoms with van der Waals surface area (Å²) in [7, 11) is 0. The van der Waals surface area contributed by atoms with E-state index in [-0.39, 0.29) is 18.5 Å². The molecule has 0 saturated heterocycles. The van der Waals surface area contributed by atoms with Crippen molar-refractivity contribution in [2.45, 2.75) is 347 Å². The van der Waals surface area contributed by atoms with Gasteiger partial charge in [0, 0.05) is 12.8 Å². The zero-order valence-corrected chi connectivity index (χ0v) is 45.9. The second-order valence-corrected chi connectivity index (χ2v) is 21.0. The number of carbonyl (C=O) groups is 2. The number of amides is 1. The number of aliphatic hydroxyl groups is 2. The predicted molar refractivity (Wildman–Crippen MR) is 296 cm³/mol. The zero-order valence-electron chi connectivity index (χ0n) is 45.9. The van der Waals surface area contributed by atoms with Crippen LogP contribution in [0.3, 0.4) is 0 Å². The van der Waals surface area contributed by atoms with Crippen molar-refractivity contribution in [2.24, 2.45) is 0 Å². The van der Waals surface area contributed by atoms with Gasteiger partial charge in [0.05, 0.1) is 25.4 Å². The molecule has 0 aliphatic heterocycles. The molecule has 2 atom stereocenters. The fourth-order valence-corrected chi connectivity index (χ4v) is 9.51. The van der Waals surface area contributed by atoms with E-state index in [0.29, 0.717) is 19.4 Å². The van der Waals surface area contributed by atoms with Gasteiger partial charge >= 0.3 is 5.97 Å². The first kappa shape index (κ1) is 66.3. The number of carbonyl (C=O) groups excluding carboxylic acids is 2. The molecule has 0 aromatic rings. The van der Waals surface area contributed by atoms with Crippen molar-refractivity contribution >= 4 is 11.9 Å². The highest BCUT2D eigenvalue weighted by atomic mass is 16.5. The van der Waals surface area contributed by atoms with Gasteiger partial charge in [-0.3, -0.25) is 9.59 Å². The first-order valence-electron chi connectivity index (χ1n) is 30.6. The number of allylic oxidation sites excluding steroid dienone is 3. The minimum absolute atomic E-state index is 0.00156. The summed E-state index contributed by atoms with van der Waals surface area (Å²) in [4.78, 5) is 24.5. The van der Waals surface area contributed by atoms with Gasteiger partial charge in [0.25, 0.3) is 0 Å². The Morgan fingerprint density at radius 3 is 1.07 bits per heavy atom. The molecule has 3 N–H and O–H groups in total. The number of ether oxygens (including phenoxy) is 1. The summed E-state index contributed by atoms with van der Waals surface area (Å²) in [6, 6.07) is -0.629. The maximum absolute atomic E-state index is 12.5. The molecule has 0 fully saturated rings. The Labute approximate surface area is 424 Å². The van der Waals surface area contributed by atoms with Gasteiger partial charge < -0.3 is 20.3 Å². The highest BCUT2D eigenvalue weighted by Crippen LogP contribution is 2.18. The third kappa shape index (κ3) is 53.7. The number of esters is 1. The van der Waals surface area contributed by atoms with Crippen LogP contribution in [0.4, 0.5) is 0 Å². The summed E-state index contributed by atoms with van der Waals surface area (Å²) >= 11 is 0. The number of unbranched alkanes of at least 4 members (excludes halogenated alkanes) is 44. The number of nitrogens with one attached hydrogen (secondary N) is 1. The van der Waals surface area contributed by atoms with Gasteiger partial charge in [0.15, 0.2) is 0 Å². The molecular weight excluding hydrogens is 839 g/mol. The molecule has 1 amide bonds. The van der Waals surface area contributed by atoms with Gasteiger partial charge in [-0.15, -0.1) is 0 Å². The van der Waals surface area contributed by atoms with Gasteiger partial charge in [-0.25, -0.2) is 0 Å². The van der Waals surface area contributed by atoms with Crippen LogP contribution in [0.1, 0.15) is 335 Å². The number of aliphatic hydroxyl groups excluding tert-OH is 2. The van der Waals surface area contributed by atoms with Gasteiger partial charge in [-0.05, 0) is 57.8 Å². The van der Waals surface area contributed by atoms with Gasteiger partial charge in [0.2, 0.25) is 5.91 Å². The van der Waals surface area contributed by atoms with E-state index in [1.807, 2.05) is 6.08 Å². The number of rotatable bonds is 57. The molecule has 0 spiro atoms. The van der Waals surface area contributed by atoms with Crippen molar-refractivity contribution in [1.82, 2.24) is 5.32 Å². The average Bonchev–Trinajstić information content (AvgIpc) is 3.34. The van der Waals surface area contributed by atoms with Crippen molar-refractivity contribution < 1.29 is 24.5 Å². The molecule has 0 bridgehead atoms. The molecule has 0 aromatic heterocycles. The van der Waals surface area contributed by atoms with E-state index >= 15 is 0 Å². The maximum Gasteiger partial charge on any atom is 0.305 e. The van der Waals surface area contributed by atoms with Crippen molar-refractivity contribution in [3.05, 3.63) is 24.3 Å². The van der Waals surface area contributed by atoms with Crippen LogP contribution in [-0.2, 0) is 14.3 Å². The van der Waals surface area contributed by atoms with Gasteiger partial charge in [0.1, 0.15) is 0 Å². The number of hydrogen-bond donors (Lipinski definition) is 3. The van der Waals surface area contributed by atoms with Crippen LogP contribution in [0.25, 0.3) is 0 Å². The summed E-state index contributed by atoms with van der Waals surface area (Å²) in [5, 5.41) is 23.2. The minimum Gasteiger partial charge on any atom is -0.466 e. The molecule has 0 radical (unpaired) electrons. The summed E-state index contributed by atoms with van der Waals surface area (Å²) < 4.78 is 5.46. The quantitative estimate of drug-likeness (QED) is 0.0321. The highest BCUT2D eigenvalue weighted by molar-refractivity contribution is 5.76. The highest BCUT2D eigenvalue weighted by Gasteiger charge is 2.18. The molecular formula is C62H119NO5. The van der Waals surface area contributed by atoms with E-state index in [4.69, 9.17) is 4.74 Å². The molecule has 6 heteroatoms. The first-order chi connectivity index (χ1) is 33.5. The van der Waals surface area contributed by atoms with Gasteiger partial charge in [-0.2, -0.15) is 0 Å². The fourth-order valence-electron chi connectivity index (χ4n) is 9.51. The summed E-state index contributed by atoms with van der Waals surface area (Å²) in [6.07, 6.45) is 70.7. The Hall–Kier alpha value is -1.66. The van der Waals surface area contributed by atoms with Crippen LogP contribution in [0, 0.1) is 0 Å². The largest absolute Gasteiger partial charge is 0.466 e. The van der Waals surface area contributed by atoms with E-state index in [1.54, 1.807) is 6.08 Å². The average molecular weight is 959 g/mol. The van der Waals surface area contributed by atoms with E-state index < -0.39 is 12.1 Å². The first-order valence-corrected chi connectivity index (χ1v) is 30.6. The molecule has 0 saturated carbocycles.